The SMILES string of the molecule is CCOc1ncnc(NCCCOCCO)c1C. The maximum Gasteiger partial charge on any atom is 0.221 e. The largest absolute Gasteiger partial charge is 0.478 e. The van der Waals surface area contributed by atoms with Crippen LogP contribution in [0.1, 0.15) is 18.9 Å². The highest BCUT2D eigenvalue weighted by Crippen LogP contribution is 2.19. The molecule has 2 N–H and O–H groups in total. The van der Waals surface area contributed by atoms with Crippen molar-refractivity contribution in [3.05, 3.63) is 11.9 Å². The molecule has 0 radical (unpaired) electrons. The van der Waals surface area contributed by atoms with E-state index in [9.17, 15) is 0 Å². The molecule has 0 aliphatic heterocycles. The zero-order valence-electron chi connectivity index (χ0n) is 11.0. The van der Waals surface area contributed by atoms with Crippen LogP contribution < -0.4 is 10.1 Å². The van der Waals surface area contributed by atoms with Crippen molar-refractivity contribution < 1.29 is 14.6 Å². The van der Waals surface area contributed by atoms with E-state index in [1.165, 1.54) is 6.33 Å². The quantitative estimate of drug-likeness (QED) is 0.641. The number of anilines is 1. The van der Waals surface area contributed by atoms with Gasteiger partial charge in [-0.15, -0.1) is 0 Å². The summed E-state index contributed by atoms with van der Waals surface area (Å²) in [5.41, 5.74) is 0.913. The van der Waals surface area contributed by atoms with Crippen LogP contribution in [0.15, 0.2) is 6.33 Å². The van der Waals surface area contributed by atoms with Crippen LogP contribution in [0.3, 0.4) is 0 Å². The molecule has 102 valence electrons. The predicted molar refractivity (Wildman–Crippen MR) is 68.9 cm³/mol. The Morgan fingerprint density at radius 2 is 2.17 bits per heavy atom. The van der Waals surface area contributed by atoms with Crippen molar-refractivity contribution >= 4 is 5.82 Å². The summed E-state index contributed by atoms with van der Waals surface area (Å²) in [7, 11) is 0. The molecule has 1 aromatic heterocycles. The number of nitrogens with one attached hydrogen (secondary N) is 1. The first-order chi connectivity index (χ1) is 8.79. The molecule has 1 rings (SSSR count). The fourth-order valence-electron chi connectivity index (χ4n) is 1.44. The predicted octanol–water partition coefficient (Wildman–Crippen LogP) is 0.995. The van der Waals surface area contributed by atoms with Gasteiger partial charge in [0.25, 0.3) is 0 Å². The Hall–Kier alpha value is -1.40. The average Bonchev–Trinajstić information content (AvgIpc) is 2.38. The van der Waals surface area contributed by atoms with Gasteiger partial charge in [-0.25, -0.2) is 9.97 Å². The minimum absolute atomic E-state index is 0.0656. The first-order valence-corrected chi connectivity index (χ1v) is 6.16. The molecule has 0 atom stereocenters. The number of aliphatic hydroxyl groups is 1. The second kappa shape index (κ2) is 8.66. The van der Waals surface area contributed by atoms with E-state index in [1.54, 1.807) is 0 Å². The summed E-state index contributed by atoms with van der Waals surface area (Å²) in [4.78, 5) is 8.24. The van der Waals surface area contributed by atoms with Gasteiger partial charge in [0, 0.05) is 13.2 Å². The summed E-state index contributed by atoms with van der Waals surface area (Å²) in [5.74, 6) is 1.40. The Morgan fingerprint density at radius 3 is 2.89 bits per heavy atom. The Labute approximate surface area is 107 Å². The van der Waals surface area contributed by atoms with Gasteiger partial charge in [0.15, 0.2) is 0 Å². The molecule has 6 heteroatoms. The van der Waals surface area contributed by atoms with Gasteiger partial charge in [0.2, 0.25) is 5.88 Å². The van der Waals surface area contributed by atoms with E-state index in [-0.39, 0.29) is 6.61 Å². The van der Waals surface area contributed by atoms with E-state index in [1.807, 2.05) is 13.8 Å². The molecule has 6 nitrogen and oxygen atoms in total. The summed E-state index contributed by atoms with van der Waals surface area (Å²) < 4.78 is 10.6. The van der Waals surface area contributed by atoms with Gasteiger partial charge in [-0.3, -0.25) is 0 Å². The summed E-state index contributed by atoms with van der Waals surface area (Å²) in [6.45, 7) is 6.27. The van der Waals surface area contributed by atoms with Crippen molar-refractivity contribution in [3.8, 4) is 5.88 Å². The van der Waals surface area contributed by atoms with Gasteiger partial charge in [-0.05, 0) is 20.3 Å². The molecule has 1 heterocycles. The van der Waals surface area contributed by atoms with Crippen LogP contribution in [0.5, 0.6) is 5.88 Å². The lowest BCUT2D eigenvalue weighted by Gasteiger charge is -2.11. The molecule has 0 aromatic carbocycles. The van der Waals surface area contributed by atoms with Gasteiger partial charge < -0.3 is 19.9 Å². The summed E-state index contributed by atoms with van der Waals surface area (Å²) in [5, 5.41) is 11.8. The van der Waals surface area contributed by atoms with Crippen LogP contribution in [0.25, 0.3) is 0 Å². The number of nitrogens with zero attached hydrogens (tertiary/aromatic N) is 2. The van der Waals surface area contributed by atoms with Crippen LogP contribution in [0.4, 0.5) is 5.82 Å². The summed E-state index contributed by atoms with van der Waals surface area (Å²) in [6, 6.07) is 0. The Kier molecular flexibility index (Phi) is 7.05. The molecule has 1 aromatic rings. The lowest BCUT2D eigenvalue weighted by Crippen LogP contribution is -2.10. The Balaban J connectivity index is 2.35. The fourth-order valence-corrected chi connectivity index (χ4v) is 1.44. The van der Waals surface area contributed by atoms with Gasteiger partial charge in [0.05, 0.1) is 25.4 Å². The number of aromatic nitrogens is 2. The minimum atomic E-state index is 0.0656. The molecule has 0 bridgehead atoms. The number of aliphatic hydroxyl groups excluding tert-OH is 1. The van der Waals surface area contributed by atoms with Crippen molar-refractivity contribution in [2.24, 2.45) is 0 Å². The third-order valence-corrected chi connectivity index (χ3v) is 2.31. The van der Waals surface area contributed by atoms with Gasteiger partial charge >= 0.3 is 0 Å². The maximum atomic E-state index is 8.55. The van der Waals surface area contributed by atoms with Crippen molar-refractivity contribution in [2.75, 3.05) is 38.3 Å². The molecule has 0 aliphatic rings. The van der Waals surface area contributed by atoms with E-state index in [0.717, 1.165) is 24.3 Å². The molecule has 0 unspecified atom stereocenters. The van der Waals surface area contributed by atoms with Gasteiger partial charge in [-0.2, -0.15) is 0 Å². The van der Waals surface area contributed by atoms with Crippen molar-refractivity contribution in [1.82, 2.24) is 9.97 Å². The number of hydrogen-bond acceptors (Lipinski definition) is 6. The second-order valence-electron chi connectivity index (χ2n) is 3.70. The summed E-state index contributed by atoms with van der Waals surface area (Å²) >= 11 is 0. The zero-order valence-corrected chi connectivity index (χ0v) is 11.0. The fraction of sp³-hybridized carbons (Fsp3) is 0.667. The number of ether oxygens (including phenoxy) is 2. The van der Waals surface area contributed by atoms with E-state index in [2.05, 4.69) is 15.3 Å². The molecule has 0 spiro atoms. The van der Waals surface area contributed by atoms with Crippen LogP contribution >= 0.6 is 0 Å². The van der Waals surface area contributed by atoms with Crippen molar-refractivity contribution in [2.45, 2.75) is 20.3 Å². The average molecular weight is 255 g/mol. The lowest BCUT2D eigenvalue weighted by atomic mass is 10.3. The van der Waals surface area contributed by atoms with Crippen LogP contribution in [-0.4, -0.2) is 48.0 Å². The third kappa shape index (κ3) is 4.85. The van der Waals surface area contributed by atoms with E-state index >= 15 is 0 Å². The minimum Gasteiger partial charge on any atom is -0.478 e. The van der Waals surface area contributed by atoms with Crippen LogP contribution in [0, 0.1) is 6.92 Å². The highest BCUT2D eigenvalue weighted by molar-refractivity contribution is 5.47. The molecule has 0 fully saturated rings. The Bertz CT molecular complexity index is 347. The van der Waals surface area contributed by atoms with E-state index in [4.69, 9.17) is 14.6 Å². The molecule has 0 saturated heterocycles. The molecule has 0 aliphatic carbocycles. The number of rotatable bonds is 9. The summed E-state index contributed by atoms with van der Waals surface area (Å²) in [6.07, 6.45) is 2.34. The van der Waals surface area contributed by atoms with Crippen molar-refractivity contribution in [1.29, 1.82) is 0 Å². The molecular formula is C12H21N3O3. The first kappa shape index (κ1) is 14.7. The first-order valence-electron chi connectivity index (χ1n) is 6.16. The maximum absolute atomic E-state index is 8.55. The highest BCUT2D eigenvalue weighted by Gasteiger charge is 2.06. The lowest BCUT2D eigenvalue weighted by molar-refractivity contribution is 0.0922. The van der Waals surface area contributed by atoms with E-state index in [0.29, 0.717) is 25.7 Å². The molecular weight excluding hydrogens is 234 g/mol. The van der Waals surface area contributed by atoms with Gasteiger partial charge in [0.1, 0.15) is 12.1 Å². The van der Waals surface area contributed by atoms with E-state index < -0.39 is 0 Å². The monoisotopic (exact) mass is 255 g/mol. The standard InChI is InChI=1S/C12H21N3O3/c1-3-18-12-10(2)11(14-9-15-12)13-5-4-7-17-8-6-16/h9,16H,3-8H2,1-2H3,(H,13,14,15). The molecule has 0 amide bonds. The highest BCUT2D eigenvalue weighted by atomic mass is 16.5. The van der Waals surface area contributed by atoms with Crippen LogP contribution in [0.2, 0.25) is 0 Å². The molecule has 18 heavy (non-hydrogen) atoms. The van der Waals surface area contributed by atoms with Crippen LogP contribution in [-0.2, 0) is 4.74 Å². The number of hydrogen-bond donors (Lipinski definition) is 2. The van der Waals surface area contributed by atoms with Crippen molar-refractivity contribution in [3.63, 3.8) is 0 Å². The topological polar surface area (TPSA) is 76.5 Å². The normalized spacial score (nSPS) is 10.4. The zero-order chi connectivity index (χ0) is 13.2. The second-order valence-corrected chi connectivity index (χ2v) is 3.70. The smallest absolute Gasteiger partial charge is 0.221 e. The third-order valence-electron chi connectivity index (χ3n) is 2.31. The molecule has 0 saturated carbocycles. The Morgan fingerprint density at radius 1 is 1.33 bits per heavy atom. The van der Waals surface area contributed by atoms with Gasteiger partial charge in [-0.1, -0.05) is 0 Å².